The van der Waals surface area contributed by atoms with Crippen LogP contribution in [0.25, 0.3) is 0 Å². The van der Waals surface area contributed by atoms with Gasteiger partial charge in [-0.1, -0.05) is 25.0 Å². The van der Waals surface area contributed by atoms with Gasteiger partial charge in [-0.25, -0.2) is 8.42 Å². The lowest BCUT2D eigenvalue weighted by molar-refractivity contribution is -0.124. The molecule has 8 heteroatoms. The molecule has 2 fully saturated rings. The van der Waals surface area contributed by atoms with E-state index in [9.17, 15) is 18.0 Å². The van der Waals surface area contributed by atoms with E-state index in [-0.39, 0.29) is 16.8 Å². The third kappa shape index (κ3) is 3.96. The van der Waals surface area contributed by atoms with Crippen molar-refractivity contribution >= 4 is 21.7 Å². The molecule has 4 rings (SSSR count). The Labute approximate surface area is 189 Å². The average Bonchev–Trinajstić information content (AvgIpc) is 3.48. The molecule has 0 atom stereocenters. The number of likely N-dealkylation sites (tertiary alicyclic amines) is 1. The Balaban J connectivity index is 1.49. The molecule has 172 valence electrons. The van der Waals surface area contributed by atoms with Crippen molar-refractivity contribution in [2.45, 2.75) is 68.1 Å². The summed E-state index contributed by atoms with van der Waals surface area (Å²) < 4.78 is 31.1. The largest absolute Gasteiger partial charge is 0.472 e. The van der Waals surface area contributed by atoms with Gasteiger partial charge in [-0.05, 0) is 62.8 Å². The van der Waals surface area contributed by atoms with E-state index in [2.05, 4.69) is 5.32 Å². The molecule has 7 nitrogen and oxygen atoms in total. The monoisotopic (exact) mass is 458 g/mol. The fraction of sp³-hybridized carbons (Fsp3) is 0.500. The van der Waals surface area contributed by atoms with E-state index in [0.717, 1.165) is 18.4 Å². The highest BCUT2D eigenvalue weighted by Gasteiger charge is 2.53. The standard InChI is InChI=1S/C24H30N2O5S/c1-17-5-6-18(2)21(15-17)32(29,30)24(10-3-4-11-24)23(28)25-20-7-12-26(13-8-20)22(27)19-9-14-31-16-19/h5-6,9,14-16,20H,3-4,7-8,10-13H2,1-2H3,(H,25,28). The van der Waals surface area contributed by atoms with Crippen molar-refractivity contribution in [3.63, 3.8) is 0 Å². The van der Waals surface area contributed by atoms with E-state index < -0.39 is 20.5 Å². The number of piperidine rings is 1. The minimum Gasteiger partial charge on any atom is -0.472 e. The maximum Gasteiger partial charge on any atom is 0.257 e. The van der Waals surface area contributed by atoms with Crippen LogP contribution in [0.3, 0.4) is 0 Å². The smallest absolute Gasteiger partial charge is 0.257 e. The van der Waals surface area contributed by atoms with Crippen molar-refractivity contribution in [2.24, 2.45) is 0 Å². The summed E-state index contributed by atoms with van der Waals surface area (Å²) in [6, 6.07) is 6.85. The van der Waals surface area contributed by atoms with Gasteiger partial charge in [0, 0.05) is 19.1 Å². The predicted octanol–water partition coefficient (Wildman–Crippen LogP) is 3.40. The van der Waals surface area contributed by atoms with E-state index in [1.165, 1.54) is 12.5 Å². The molecule has 1 aromatic heterocycles. The molecule has 1 N–H and O–H groups in total. The first kappa shape index (κ1) is 22.6. The fourth-order valence-corrected chi connectivity index (χ4v) is 7.27. The molecule has 2 aromatic rings. The van der Waals surface area contributed by atoms with Gasteiger partial charge in [-0.2, -0.15) is 0 Å². The Morgan fingerprint density at radius 2 is 1.78 bits per heavy atom. The van der Waals surface area contributed by atoms with Crippen LogP contribution in [0.2, 0.25) is 0 Å². The van der Waals surface area contributed by atoms with Gasteiger partial charge in [0.25, 0.3) is 5.91 Å². The molecule has 1 saturated carbocycles. The van der Waals surface area contributed by atoms with Crippen molar-refractivity contribution in [3.05, 3.63) is 53.5 Å². The maximum atomic E-state index is 13.8. The summed E-state index contributed by atoms with van der Waals surface area (Å²) in [7, 11) is -3.84. The van der Waals surface area contributed by atoms with Crippen LogP contribution in [0.4, 0.5) is 0 Å². The normalized spacial score (nSPS) is 19.1. The second kappa shape index (κ2) is 8.73. The number of carbonyl (C=O) groups excluding carboxylic acids is 2. The van der Waals surface area contributed by atoms with Gasteiger partial charge >= 0.3 is 0 Å². The van der Waals surface area contributed by atoms with Crippen molar-refractivity contribution < 1.29 is 22.4 Å². The Hall–Kier alpha value is -2.61. The highest BCUT2D eigenvalue weighted by molar-refractivity contribution is 7.93. The summed E-state index contributed by atoms with van der Waals surface area (Å²) >= 11 is 0. The first-order chi connectivity index (χ1) is 15.2. The van der Waals surface area contributed by atoms with Crippen LogP contribution in [-0.2, 0) is 14.6 Å². The van der Waals surface area contributed by atoms with Crippen molar-refractivity contribution in [3.8, 4) is 0 Å². The second-order valence-electron chi connectivity index (χ2n) is 9.03. The van der Waals surface area contributed by atoms with Crippen molar-refractivity contribution in [1.29, 1.82) is 0 Å². The minimum absolute atomic E-state index is 0.0895. The third-order valence-corrected chi connectivity index (χ3v) is 9.50. The van der Waals surface area contributed by atoms with E-state index in [0.29, 0.717) is 49.9 Å². The van der Waals surface area contributed by atoms with Gasteiger partial charge in [0.15, 0.2) is 14.6 Å². The van der Waals surface area contributed by atoms with Gasteiger partial charge < -0.3 is 14.6 Å². The lowest BCUT2D eigenvalue weighted by Gasteiger charge is -2.35. The number of nitrogens with zero attached hydrogens (tertiary/aromatic N) is 1. The van der Waals surface area contributed by atoms with E-state index in [4.69, 9.17) is 4.42 Å². The number of furan rings is 1. The van der Waals surface area contributed by atoms with Gasteiger partial charge in [0.1, 0.15) is 6.26 Å². The number of carbonyl (C=O) groups is 2. The number of aryl methyl sites for hydroxylation is 2. The zero-order valence-corrected chi connectivity index (χ0v) is 19.4. The third-order valence-electron chi connectivity index (χ3n) is 6.86. The van der Waals surface area contributed by atoms with Crippen LogP contribution in [0, 0.1) is 13.8 Å². The molecular formula is C24H30N2O5S. The molecular weight excluding hydrogens is 428 g/mol. The van der Waals surface area contributed by atoms with Gasteiger partial charge in [-0.3, -0.25) is 9.59 Å². The summed E-state index contributed by atoms with van der Waals surface area (Å²) in [5, 5.41) is 3.03. The number of amides is 2. The molecule has 2 heterocycles. The number of rotatable bonds is 5. The molecule has 0 unspecified atom stereocenters. The van der Waals surface area contributed by atoms with Crippen molar-refractivity contribution in [2.75, 3.05) is 13.1 Å². The Morgan fingerprint density at radius 1 is 1.09 bits per heavy atom. The molecule has 1 saturated heterocycles. The number of benzene rings is 1. The quantitative estimate of drug-likeness (QED) is 0.741. The zero-order chi connectivity index (χ0) is 22.9. The molecule has 0 radical (unpaired) electrons. The number of nitrogens with one attached hydrogen (secondary N) is 1. The summed E-state index contributed by atoms with van der Waals surface area (Å²) in [4.78, 5) is 28.0. The summed E-state index contributed by atoms with van der Waals surface area (Å²) in [5.41, 5.74) is 2.04. The summed E-state index contributed by atoms with van der Waals surface area (Å²) in [6.45, 7) is 4.65. The Bertz CT molecular complexity index is 1090. The Morgan fingerprint density at radius 3 is 2.41 bits per heavy atom. The zero-order valence-electron chi connectivity index (χ0n) is 18.6. The lowest BCUT2D eigenvalue weighted by Crippen LogP contribution is -2.55. The van der Waals surface area contributed by atoms with Crippen LogP contribution < -0.4 is 5.32 Å². The average molecular weight is 459 g/mol. The summed E-state index contributed by atoms with van der Waals surface area (Å²) in [6.07, 6.45) is 6.20. The van der Waals surface area contributed by atoms with Crippen LogP contribution in [0.5, 0.6) is 0 Å². The molecule has 32 heavy (non-hydrogen) atoms. The van der Waals surface area contributed by atoms with E-state index >= 15 is 0 Å². The first-order valence-electron chi connectivity index (χ1n) is 11.2. The van der Waals surface area contributed by atoms with Gasteiger partial charge in [0.2, 0.25) is 5.91 Å². The topological polar surface area (TPSA) is 96.7 Å². The Kier molecular flexibility index (Phi) is 6.16. The van der Waals surface area contributed by atoms with Gasteiger partial charge in [0.05, 0.1) is 16.7 Å². The number of sulfone groups is 1. The molecule has 2 amide bonds. The molecule has 0 spiro atoms. The minimum atomic E-state index is -3.84. The van der Waals surface area contributed by atoms with Gasteiger partial charge in [-0.15, -0.1) is 0 Å². The van der Waals surface area contributed by atoms with Crippen LogP contribution in [-0.4, -0.2) is 49.0 Å². The molecule has 1 aliphatic carbocycles. The highest BCUT2D eigenvalue weighted by atomic mass is 32.2. The highest BCUT2D eigenvalue weighted by Crippen LogP contribution is 2.42. The summed E-state index contributed by atoms with van der Waals surface area (Å²) in [5.74, 6) is -0.483. The van der Waals surface area contributed by atoms with E-state index in [1.807, 2.05) is 13.0 Å². The molecule has 1 aromatic carbocycles. The van der Waals surface area contributed by atoms with Crippen LogP contribution in [0.1, 0.15) is 60.0 Å². The molecule has 2 aliphatic rings. The lowest BCUT2D eigenvalue weighted by atomic mass is 10.0. The number of hydrogen-bond acceptors (Lipinski definition) is 5. The second-order valence-corrected chi connectivity index (χ2v) is 11.3. The fourth-order valence-electron chi connectivity index (χ4n) is 4.88. The number of hydrogen-bond donors (Lipinski definition) is 1. The van der Waals surface area contributed by atoms with Crippen LogP contribution >= 0.6 is 0 Å². The van der Waals surface area contributed by atoms with Crippen molar-refractivity contribution in [1.82, 2.24) is 10.2 Å². The predicted molar refractivity (Wildman–Crippen MR) is 120 cm³/mol. The SMILES string of the molecule is Cc1ccc(C)c(S(=O)(=O)C2(C(=O)NC3CCN(C(=O)c4ccoc4)CC3)CCCC2)c1. The van der Waals surface area contributed by atoms with E-state index in [1.54, 1.807) is 30.0 Å². The van der Waals surface area contributed by atoms with Crippen LogP contribution in [0.15, 0.2) is 46.1 Å². The molecule has 1 aliphatic heterocycles. The first-order valence-corrected chi connectivity index (χ1v) is 12.7. The molecule has 0 bridgehead atoms. The maximum absolute atomic E-state index is 13.8.